The Morgan fingerprint density at radius 3 is 2.77 bits per heavy atom. The molecule has 1 N–H and O–H groups in total. The second-order valence-electron chi connectivity index (χ2n) is 9.17. The van der Waals surface area contributed by atoms with E-state index in [-0.39, 0.29) is 11.0 Å². The molecule has 4 nitrogen and oxygen atoms in total. The van der Waals surface area contributed by atoms with Crippen LogP contribution in [0.25, 0.3) is 16.6 Å². The van der Waals surface area contributed by atoms with E-state index in [9.17, 15) is 4.79 Å². The first-order chi connectivity index (χ1) is 14.7. The van der Waals surface area contributed by atoms with Gasteiger partial charge in [0.05, 0.1) is 27.0 Å². The standard InChI is InChI=1S/C25H26ClN3O/c26-19-7-4-8-20-22(19)23(30)28-24-25(11-2-1-3-12-25)18-10-9-16(14-21(18)29(20)24)17-6-5-13-27-15-17/h4,7-10,14,17,27H,1-3,5-6,11-13,15H2/t17-/m0/s1. The Labute approximate surface area is 181 Å². The molecule has 30 heavy (non-hydrogen) atoms. The Morgan fingerprint density at radius 2 is 1.97 bits per heavy atom. The molecule has 2 aromatic carbocycles. The van der Waals surface area contributed by atoms with Gasteiger partial charge in [-0.2, -0.15) is 4.98 Å². The highest BCUT2D eigenvalue weighted by Crippen LogP contribution is 2.52. The molecule has 1 saturated heterocycles. The summed E-state index contributed by atoms with van der Waals surface area (Å²) in [6.07, 6.45) is 8.17. The molecule has 0 unspecified atom stereocenters. The number of halogens is 1. The average molecular weight is 420 g/mol. The van der Waals surface area contributed by atoms with Crippen molar-refractivity contribution < 1.29 is 0 Å². The van der Waals surface area contributed by atoms with Crippen LogP contribution in [-0.2, 0) is 5.41 Å². The normalized spacial score (nSPS) is 22.2. The van der Waals surface area contributed by atoms with Gasteiger partial charge in [-0.1, -0.05) is 49.1 Å². The summed E-state index contributed by atoms with van der Waals surface area (Å²) in [5, 5.41) is 4.56. The monoisotopic (exact) mass is 419 g/mol. The lowest BCUT2D eigenvalue weighted by Crippen LogP contribution is -2.32. The number of nitrogens with zero attached hydrogens (tertiary/aromatic N) is 2. The lowest BCUT2D eigenvalue weighted by molar-refractivity contribution is 0.338. The maximum atomic E-state index is 13.0. The summed E-state index contributed by atoms with van der Waals surface area (Å²) in [5.74, 6) is 1.47. The van der Waals surface area contributed by atoms with Gasteiger partial charge in [-0.3, -0.25) is 9.36 Å². The van der Waals surface area contributed by atoms with Crippen molar-refractivity contribution in [2.24, 2.45) is 0 Å². The quantitative estimate of drug-likeness (QED) is 0.599. The van der Waals surface area contributed by atoms with E-state index in [4.69, 9.17) is 11.6 Å². The van der Waals surface area contributed by atoms with Crippen molar-refractivity contribution in [1.82, 2.24) is 14.9 Å². The summed E-state index contributed by atoms with van der Waals surface area (Å²) >= 11 is 6.46. The summed E-state index contributed by atoms with van der Waals surface area (Å²) in [6.45, 7) is 2.15. The molecule has 0 amide bonds. The first-order valence-corrected chi connectivity index (χ1v) is 11.6. The van der Waals surface area contributed by atoms with Gasteiger partial charge in [0.15, 0.2) is 0 Å². The number of benzene rings is 2. The second-order valence-corrected chi connectivity index (χ2v) is 9.58. The van der Waals surface area contributed by atoms with Crippen LogP contribution in [0.1, 0.15) is 67.8 Å². The lowest BCUT2D eigenvalue weighted by Gasteiger charge is -2.33. The Hall–Kier alpha value is -2.17. The molecule has 2 aliphatic heterocycles. The Morgan fingerprint density at radius 1 is 1.10 bits per heavy atom. The molecule has 3 heterocycles. The zero-order valence-electron chi connectivity index (χ0n) is 17.1. The summed E-state index contributed by atoms with van der Waals surface area (Å²) in [4.78, 5) is 17.7. The van der Waals surface area contributed by atoms with Gasteiger partial charge in [0.2, 0.25) is 0 Å². The fraction of sp³-hybridized carbons (Fsp3) is 0.440. The zero-order chi connectivity index (χ0) is 20.3. The van der Waals surface area contributed by atoms with Gasteiger partial charge in [-0.25, -0.2) is 0 Å². The SMILES string of the molecule is O=c1nc2n(c3cccc(Cl)c13)-c1cc([C@H]3CCCNC3)ccc1C21CCCCC1. The molecule has 6 rings (SSSR count). The minimum atomic E-state index is -0.198. The van der Waals surface area contributed by atoms with Crippen LogP contribution in [-0.4, -0.2) is 22.6 Å². The van der Waals surface area contributed by atoms with Gasteiger partial charge in [-0.05, 0) is 67.5 Å². The molecule has 154 valence electrons. The highest BCUT2D eigenvalue weighted by atomic mass is 35.5. The summed E-state index contributed by atoms with van der Waals surface area (Å²) in [6, 6.07) is 12.8. The molecule has 2 fully saturated rings. The number of rotatable bonds is 1. The van der Waals surface area contributed by atoms with E-state index in [1.807, 2.05) is 12.1 Å². The predicted octanol–water partition coefficient (Wildman–Crippen LogP) is 5.07. The predicted molar refractivity (Wildman–Crippen MR) is 121 cm³/mol. The van der Waals surface area contributed by atoms with Crippen molar-refractivity contribution in [3.05, 3.63) is 68.7 Å². The van der Waals surface area contributed by atoms with E-state index in [2.05, 4.69) is 33.1 Å². The van der Waals surface area contributed by atoms with Crippen LogP contribution in [0, 0.1) is 0 Å². The average Bonchev–Trinajstić information content (AvgIpc) is 3.04. The Kier molecular flexibility index (Phi) is 4.29. The first kappa shape index (κ1) is 18.6. The highest BCUT2D eigenvalue weighted by Gasteiger charge is 2.46. The number of aromatic nitrogens is 2. The zero-order valence-corrected chi connectivity index (χ0v) is 17.8. The van der Waals surface area contributed by atoms with E-state index >= 15 is 0 Å². The Bertz CT molecular complexity index is 1200. The van der Waals surface area contributed by atoms with Crippen molar-refractivity contribution in [2.75, 3.05) is 13.1 Å². The second kappa shape index (κ2) is 6.93. The fourth-order valence-corrected chi connectivity index (χ4v) is 6.34. The van der Waals surface area contributed by atoms with Crippen molar-refractivity contribution in [3.63, 3.8) is 0 Å². The van der Waals surface area contributed by atoms with Crippen LogP contribution in [0.5, 0.6) is 0 Å². The maximum absolute atomic E-state index is 13.0. The number of nitrogens with one attached hydrogen (secondary N) is 1. The Balaban J connectivity index is 1.65. The third-order valence-corrected chi connectivity index (χ3v) is 7.86. The van der Waals surface area contributed by atoms with Gasteiger partial charge >= 0.3 is 0 Å². The van der Waals surface area contributed by atoms with Crippen molar-refractivity contribution >= 4 is 22.5 Å². The van der Waals surface area contributed by atoms with Gasteiger partial charge in [0, 0.05) is 6.54 Å². The first-order valence-electron chi connectivity index (χ1n) is 11.3. The summed E-state index contributed by atoms with van der Waals surface area (Å²) in [5.41, 5.74) is 4.47. The minimum absolute atomic E-state index is 0.146. The molecule has 5 heteroatoms. The van der Waals surface area contributed by atoms with Crippen LogP contribution in [0.2, 0.25) is 5.02 Å². The lowest BCUT2D eigenvalue weighted by atomic mass is 9.69. The minimum Gasteiger partial charge on any atom is -0.316 e. The van der Waals surface area contributed by atoms with Crippen molar-refractivity contribution in [2.45, 2.75) is 56.3 Å². The molecule has 3 aromatic rings. The van der Waals surface area contributed by atoms with E-state index in [0.29, 0.717) is 16.3 Å². The molecular formula is C25H26ClN3O. The summed E-state index contributed by atoms with van der Waals surface area (Å²) in [7, 11) is 0. The molecule has 1 aromatic heterocycles. The van der Waals surface area contributed by atoms with Crippen molar-refractivity contribution in [3.8, 4) is 5.69 Å². The number of hydrogen-bond donors (Lipinski definition) is 1. The molecule has 1 atom stereocenters. The van der Waals surface area contributed by atoms with Crippen LogP contribution < -0.4 is 10.9 Å². The number of fused-ring (bicyclic) bond motifs is 7. The van der Waals surface area contributed by atoms with E-state index < -0.39 is 0 Å². The molecule has 3 aliphatic rings. The molecule has 0 radical (unpaired) electrons. The van der Waals surface area contributed by atoms with Crippen LogP contribution in [0.3, 0.4) is 0 Å². The number of piperidine rings is 1. The number of hydrogen-bond acceptors (Lipinski definition) is 3. The molecule has 0 bridgehead atoms. The third-order valence-electron chi connectivity index (χ3n) is 7.55. The van der Waals surface area contributed by atoms with Gasteiger partial charge in [0.1, 0.15) is 5.82 Å². The molecular weight excluding hydrogens is 394 g/mol. The van der Waals surface area contributed by atoms with Gasteiger partial charge in [0.25, 0.3) is 5.56 Å². The summed E-state index contributed by atoms with van der Waals surface area (Å²) < 4.78 is 2.25. The van der Waals surface area contributed by atoms with Crippen LogP contribution >= 0.6 is 11.6 Å². The van der Waals surface area contributed by atoms with E-state index in [0.717, 1.165) is 37.3 Å². The van der Waals surface area contributed by atoms with Gasteiger partial charge < -0.3 is 5.32 Å². The topological polar surface area (TPSA) is 46.9 Å². The largest absolute Gasteiger partial charge is 0.316 e. The highest BCUT2D eigenvalue weighted by molar-refractivity contribution is 6.35. The van der Waals surface area contributed by atoms with E-state index in [1.54, 1.807) is 6.07 Å². The van der Waals surface area contributed by atoms with E-state index in [1.165, 1.54) is 48.9 Å². The van der Waals surface area contributed by atoms with Crippen LogP contribution in [0.4, 0.5) is 0 Å². The molecule has 1 spiro atoms. The van der Waals surface area contributed by atoms with Crippen molar-refractivity contribution in [1.29, 1.82) is 0 Å². The maximum Gasteiger partial charge on any atom is 0.282 e. The molecule has 1 saturated carbocycles. The fourth-order valence-electron chi connectivity index (χ4n) is 6.09. The molecule has 1 aliphatic carbocycles. The van der Waals surface area contributed by atoms with Crippen LogP contribution in [0.15, 0.2) is 41.2 Å². The van der Waals surface area contributed by atoms with Gasteiger partial charge in [-0.15, -0.1) is 0 Å². The third kappa shape index (κ3) is 2.56. The smallest absolute Gasteiger partial charge is 0.282 e.